The summed E-state index contributed by atoms with van der Waals surface area (Å²) in [5, 5.41) is 0. The van der Waals surface area contributed by atoms with Crippen molar-refractivity contribution in [2.45, 2.75) is 45.4 Å². The highest BCUT2D eigenvalue weighted by Gasteiger charge is 2.41. The number of nitrogens with zero attached hydrogens (tertiary/aromatic N) is 1. The fourth-order valence-corrected chi connectivity index (χ4v) is 2.84. The Balaban J connectivity index is 2.88. The summed E-state index contributed by atoms with van der Waals surface area (Å²) in [5.74, 6) is 0.463. The SMILES string of the molecule is COCC(CN)(C(C)C)N1C[C@@H](C)O[C@@H](C)C1. The molecule has 0 saturated carbocycles. The summed E-state index contributed by atoms with van der Waals surface area (Å²) >= 11 is 0. The Labute approximate surface area is 105 Å². The Morgan fingerprint density at radius 3 is 2.24 bits per heavy atom. The zero-order chi connectivity index (χ0) is 13.1. The molecule has 1 rings (SSSR count). The monoisotopic (exact) mass is 244 g/mol. The van der Waals surface area contributed by atoms with E-state index in [1.54, 1.807) is 7.11 Å². The smallest absolute Gasteiger partial charge is 0.0678 e. The molecule has 0 aliphatic carbocycles. The van der Waals surface area contributed by atoms with Crippen LogP contribution in [0.5, 0.6) is 0 Å². The highest BCUT2D eigenvalue weighted by atomic mass is 16.5. The Morgan fingerprint density at radius 1 is 1.35 bits per heavy atom. The van der Waals surface area contributed by atoms with Gasteiger partial charge in [0, 0.05) is 26.7 Å². The summed E-state index contributed by atoms with van der Waals surface area (Å²) in [7, 11) is 1.75. The highest BCUT2D eigenvalue weighted by Crippen LogP contribution is 2.28. The van der Waals surface area contributed by atoms with E-state index in [2.05, 4.69) is 32.6 Å². The normalized spacial score (nSPS) is 30.5. The quantitative estimate of drug-likeness (QED) is 0.786. The van der Waals surface area contributed by atoms with Gasteiger partial charge < -0.3 is 15.2 Å². The van der Waals surface area contributed by atoms with E-state index in [0.29, 0.717) is 19.1 Å². The van der Waals surface area contributed by atoms with Crippen molar-refractivity contribution in [3.8, 4) is 0 Å². The standard InChI is InChI=1S/C13H28N2O2/c1-10(2)13(8-14,9-16-5)15-6-11(3)17-12(4)7-15/h10-12H,6-9,14H2,1-5H3/t11-,12+,13?. The molecule has 0 spiro atoms. The Morgan fingerprint density at radius 2 is 1.88 bits per heavy atom. The van der Waals surface area contributed by atoms with Gasteiger partial charge in [0.1, 0.15) is 0 Å². The molecule has 1 aliphatic heterocycles. The zero-order valence-corrected chi connectivity index (χ0v) is 11.9. The Bertz CT molecular complexity index is 225. The molecule has 1 unspecified atom stereocenters. The van der Waals surface area contributed by atoms with Crippen molar-refractivity contribution in [2.24, 2.45) is 11.7 Å². The number of morpholine rings is 1. The van der Waals surface area contributed by atoms with Crippen molar-refractivity contribution in [1.82, 2.24) is 4.90 Å². The molecule has 2 N–H and O–H groups in total. The van der Waals surface area contributed by atoms with Gasteiger partial charge in [-0.25, -0.2) is 0 Å². The number of rotatable bonds is 5. The molecule has 1 fully saturated rings. The average Bonchev–Trinajstić information content (AvgIpc) is 2.24. The van der Waals surface area contributed by atoms with Crippen molar-refractivity contribution in [3.05, 3.63) is 0 Å². The van der Waals surface area contributed by atoms with Crippen molar-refractivity contribution >= 4 is 0 Å². The van der Waals surface area contributed by atoms with Gasteiger partial charge in [-0.15, -0.1) is 0 Å². The van der Waals surface area contributed by atoms with Gasteiger partial charge in [0.05, 0.1) is 24.4 Å². The van der Waals surface area contributed by atoms with Crippen LogP contribution in [0.1, 0.15) is 27.7 Å². The van der Waals surface area contributed by atoms with Crippen LogP contribution >= 0.6 is 0 Å². The van der Waals surface area contributed by atoms with Crippen molar-refractivity contribution in [3.63, 3.8) is 0 Å². The Kier molecular flexibility index (Phi) is 5.38. The average molecular weight is 244 g/mol. The van der Waals surface area contributed by atoms with E-state index >= 15 is 0 Å². The van der Waals surface area contributed by atoms with Crippen LogP contribution < -0.4 is 5.73 Å². The first-order valence-corrected chi connectivity index (χ1v) is 6.55. The molecular weight excluding hydrogens is 216 g/mol. The third-order valence-corrected chi connectivity index (χ3v) is 3.87. The first kappa shape index (κ1) is 14.9. The van der Waals surface area contributed by atoms with Crippen LogP contribution in [0.15, 0.2) is 0 Å². The third kappa shape index (κ3) is 3.19. The molecule has 0 aromatic carbocycles. The predicted octanol–water partition coefficient (Wildman–Crippen LogP) is 1.10. The van der Waals surface area contributed by atoms with Crippen LogP contribution in [0.4, 0.5) is 0 Å². The minimum atomic E-state index is -0.0684. The van der Waals surface area contributed by atoms with Crippen molar-refractivity contribution in [1.29, 1.82) is 0 Å². The molecule has 0 amide bonds. The molecule has 102 valence electrons. The molecule has 1 heterocycles. The molecule has 1 aliphatic rings. The lowest BCUT2D eigenvalue weighted by atomic mass is 9.84. The summed E-state index contributed by atoms with van der Waals surface area (Å²) in [6.45, 7) is 11.9. The number of methoxy groups -OCH3 is 1. The van der Waals surface area contributed by atoms with Crippen LogP contribution in [-0.4, -0.2) is 56.0 Å². The van der Waals surface area contributed by atoms with Crippen LogP contribution in [-0.2, 0) is 9.47 Å². The van der Waals surface area contributed by atoms with E-state index in [-0.39, 0.29) is 17.7 Å². The maximum absolute atomic E-state index is 6.05. The summed E-state index contributed by atoms with van der Waals surface area (Å²) in [6.07, 6.45) is 0.528. The fraction of sp³-hybridized carbons (Fsp3) is 1.00. The molecule has 4 nitrogen and oxygen atoms in total. The minimum Gasteiger partial charge on any atom is -0.383 e. The van der Waals surface area contributed by atoms with Crippen LogP contribution in [0, 0.1) is 5.92 Å². The lowest BCUT2D eigenvalue weighted by Gasteiger charge is -2.50. The van der Waals surface area contributed by atoms with Crippen LogP contribution in [0.3, 0.4) is 0 Å². The maximum Gasteiger partial charge on any atom is 0.0678 e. The predicted molar refractivity (Wildman–Crippen MR) is 70.1 cm³/mol. The molecule has 0 bridgehead atoms. The van der Waals surface area contributed by atoms with Crippen LogP contribution in [0.25, 0.3) is 0 Å². The van der Waals surface area contributed by atoms with E-state index in [9.17, 15) is 0 Å². The van der Waals surface area contributed by atoms with Crippen LogP contribution in [0.2, 0.25) is 0 Å². The van der Waals surface area contributed by atoms with E-state index in [1.165, 1.54) is 0 Å². The van der Waals surface area contributed by atoms with Gasteiger partial charge in [-0.2, -0.15) is 0 Å². The van der Waals surface area contributed by atoms with Gasteiger partial charge in [0.25, 0.3) is 0 Å². The first-order chi connectivity index (χ1) is 7.96. The lowest BCUT2D eigenvalue weighted by Crippen LogP contribution is -2.65. The van der Waals surface area contributed by atoms with E-state index in [4.69, 9.17) is 15.2 Å². The molecule has 1 saturated heterocycles. The van der Waals surface area contributed by atoms with Gasteiger partial charge in [0.2, 0.25) is 0 Å². The third-order valence-electron chi connectivity index (χ3n) is 3.87. The molecular formula is C13H28N2O2. The molecule has 4 heteroatoms. The second kappa shape index (κ2) is 6.14. The van der Waals surface area contributed by atoms with Crippen molar-refractivity contribution in [2.75, 3.05) is 33.4 Å². The van der Waals surface area contributed by atoms with Crippen molar-refractivity contribution < 1.29 is 9.47 Å². The first-order valence-electron chi connectivity index (χ1n) is 6.55. The second-order valence-corrected chi connectivity index (χ2v) is 5.56. The van der Waals surface area contributed by atoms with Gasteiger partial charge in [0.15, 0.2) is 0 Å². The number of hydrogen-bond donors (Lipinski definition) is 1. The maximum atomic E-state index is 6.05. The second-order valence-electron chi connectivity index (χ2n) is 5.56. The number of nitrogens with two attached hydrogens (primary N) is 1. The largest absolute Gasteiger partial charge is 0.383 e. The lowest BCUT2D eigenvalue weighted by molar-refractivity contribution is -0.124. The van der Waals surface area contributed by atoms with E-state index < -0.39 is 0 Å². The van der Waals surface area contributed by atoms with Gasteiger partial charge in [-0.3, -0.25) is 4.90 Å². The topological polar surface area (TPSA) is 47.7 Å². The summed E-state index contributed by atoms with van der Waals surface area (Å²) in [5.41, 5.74) is 5.99. The minimum absolute atomic E-state index is 0.0684. The summed E-state index contributed by atoms with van der Waals surface area (Å²) in [6, 6.07) is 0. The molecule has 0 aromatic heterocycles. The zero-order valence-electron chi connectivity index (χ0n) is 11.9. The summed E-state index contributed by atoms with van der Waals surface area (Å²) in [4.78, 5) is 2.46. The van der Waals surface area contributed by atoms with Gasteiger partial charge >= 0.3 is 0 Å². The van der Waals surface area contributed by atoms with E-state index in [1.807, 2.05) is 0 Å². The molecule has 3 atom stereocenters. The Hall–Kier alpha value is -0.160. The molecule has 0 aromatic rings. The number of ether oxygens (including phenoxy) is 2. The van der Waals surface area contributed by atoms with E-state index in [0.717, 1.165) is 13.1 Å². The molecule has 0 radical (unpaired) electrons. The summed E-state index contributed by atoms with van der Waals surface area (Å²) < 4.78 is 11.2. The van der Waals surface area contributed by atoms with Gasteiger partial charge in [-0.05, 0) is 19.8 Å². The number of hydrogen-bond acceptors (Lipinski definition) is 4. The highest BCUT2D eigenvalue weighted by molar-refractivity contribution is 4.97. The van der Waals surface area contributed by atoms with Gasteiger partial charge in [-0.1, -0.05) is 13.8 Å². The fourth-order valence-electron chi connectivity index (χ4n) is 2.84. The molecule has 17 heavy (non-hydrogen) atoms.